The van der Waals surface area contributed by atoms with Gasteiger partial charge < -0.3 is 30.1 Å². The first-order chi connectivity index (χ1) is 13.1. The largest absolute Gasteiger partial charge is 0.469 e. The van der Waals surface area contributed by atoms with Crippen molar-refractivity contribution in [2.45, 2.75) is 31.5 Å². The molecule has 1 saturated heterocycles. The average Bonchev–Trinajstić information content (AvgIpc) is 3.15. The van der Waals surface area contributed by atoms with Gasteiger partial charge in [0.2, 0.25) is 5.78 Å². The third-order valence-electron chi connectivity index (χ3n) is 3.91. The number of fused-ring (bicyclic) bond motifs is 1. The van der Waals surface area contributed by atoms with E-state index in [4.69, 9.17) is 25.0 Å². The maximum Gasteiger partial charge on any atom is 0.469 e. The minimum absolute atomic E-state index is 0.0807. The zero-order chi connectivity index (χ0) is 20.6. The molecule has 15 heteroatoms. The molecule has 3 heterocycles. The molecular weight excluding hydrogens is 401 g/mol. The summed E-state index contributed by atoms with van der Waals surface area (Å²) in [6.45, 7) is 0.240. The molecule has 0 aromatic carbocycles. The highest BCUT2D eigenvalue weighted by Gasteiger charge is 2.48. The normalized spacial score (nSPS) is 25.1. The second-order valence-electron chi connectivity index (χ2n) is 5.85. The van der Waals surface area contributed by atoms with E-state index in [-0.39, 0.29) is 17.0 Å². The summed E-state index contributed by atoms with van der Waals surface area (Å²) in [6.07, 6.45) is -3.10. The number of phosphoric acid groups is 1. The predicted octanol–water partition coefficient (Wildman–Crippen LogP) is -1.72. The van der Waals surface area contributed by atoms with E-state index in [2.05, 4.69) is 19.5 Å². The van der Waals surface area contributed by atoms with Gasteiger partial charge in [-0.2, -0.15) is 0 Å². The molecule has 0 unspecified atom stereocenters. The summed E-state index contributed by atoms with van der Waals surface area (Å²) in [6, 6.07) is 0. The number of carbonyl (C=O) groups is 2. The van der Waals surface area contributed by atoms with Crippen molar-refractivity contribution >= 4 is 36.6 Å². The Morgan fingerprint density at radius 2 is 2.07 bits per heavy atom. The number of phosphoric ester groups is 1. The molecule has 0 amide bonds. The lowest BCUT2D eigenvalue weighted by Gasteiger charge is -2.20. The summed E-state index contributed by atoms with van der Waals surface area (Å²) in [5, 5.41) is 10.6. The summed E-state index contributed by atoms with van der Waals surface area (Å²) in [7, 11) is -4.87. The van der Waals surface area contributed by atoms with Crippen LogP contribution in [0.5, 0.6) is 0 Å². The van der Waals surface area contributed by atoms with Crippen molar-refractivity contribution in [3.63, 3.8) is 0 Å². The molecule has 2 aromatic heterocycles. The van der Waals surface area contributed by atoms with Crippen molar-refractivity contribution in [2.24, 2.45) is 0 Å². The van der Waals surface area contributed by atoms with Crippen LogP contribution in [0.3, 0.4) is 0 Å². The van der Waals surface area contributed by atoms with Crippen molar-refractivity contribution in [3.05, 3.63) is 12.7 Å². The maximum atomic E-state index is 11.7. The zero-order valence-corrected chi connectivity index (χ0v) is 15.2. The highest BCUT2D eigenvalue weighted by molar-refractivity contribution is 7.46. The number of ether oxygens (including phenoxy) is 2. The lowest BCUT2D eigenvalue weighted by atomic mass is 10.1. The first-order valence-corrected chi connectivity index (χ1v) is 9.29. The number of rotatable bonds is 6. The number of aromatic nitrogens is 4. The van der Waals surface area contributed by atoms with Gasteiger partial charge in [-0.1, -0.05) is 0 Å². The molecule has 152 valence electrons. The topological polar surface area (TPSA) is 209 Å². The van der Waals surface area contributed by atoms with Crippen molar-refractivity contribution in [1.82, 2.24) is 19.5 Å². The lowest BCUT2D eigenvalue weighted by molar-refractivity contribution is -0.162. The van der Waals surface area contributed by atoms with Gasteiger partial charge in [0.25, 0.3) is 0 Å². The molecule has 5 N–H and O–H groups in total. The third kappa shape index (κ3) is 4.01. The van der Waals surface area contributed by atoms with E-state index in [1.54, 1.807) is 0 Å². The van der Waals surface area contributed by atoms with Crippen LogP contribution in [0.15, 0.2) is 12.7 Å². The number of hydrogen-bond donors (Lipinski definition) is 4. The Bertz CT molecular complexity index is 959. The second kappa shape index (κ2) is 7.50. The van der Waals surface area contributed by atoms with E-state index in [1.165, 1.54) is 17.2 Å². The van der Waals surface area contributed by atoms with Gasteiger partial charge in [-0.05, 0) is 0 Å². The Hall–Kier alpha value is -2.48. The minimum Gasteiger partial charge on any atom is -0.451 e. The molecule has 0 spiro atoms. The summed E-state index contributed by atoms with van der Waals surface area (Å²) in [5.74, 6) is -2.10. The van der Waals surface area contributed by atoms with Crippen molar-refractivity contribution in [3.8, 4) is 0 Å². The summed E-state index contributed by atoms with van der Waals surface area (Å²) in [4.78, 5) is 52.4. The number of esters is 1. The molecular formula is C13H16N5O9P. The number of nitrogen functional groups attached to an aromatic ring is 1. The third-order valence-corrected chi connectivity index (χ3v) is 4.39. The quantitative estimate of drug-likeness (QED) is 0.234. The van der Waals surface area contributed by atoms with Crippen LogP contribution >= 0.6 is 7.82 Å². The van der Waals surface area contributed by atoms with Crippen LogP contribution in [0, 0.1) is 0 Å². The molecule has 0 saturated carbocycles. The van der Waals surface area contributed by atoms with Gasteiger partial charge in [-0.25, -0.2) is 24.3 Å². The number of carbonyl (C=O) groups excluding carboxylic acids is 2. The molecule has 0 aliphatic carbocycles. The number of nitrogens with zero attached hydrogens (tertiary/aromatic N) is 4. The van der Waals surface area contributed by atoms with Crippen LogP contribution in [0.4, 0.5) is 5.82 Å². The van der Waals surface area contributed by atoms with E-state index in [9.17, 15) is 19.3 Å². The molecule has 0 bridgehead atoms. The van der Waals surface area contributed by atoms with E-state index in [1.807, 2.05) is 0 Å². The second-order valence-corrected chi connectivity index (χ2v) is 7.09. The molecule has 1 fully saturated rings. The highest BCUT2D eigenvalue weighted by atomic mass is 31.2. The molecule has 0 radical (unpaired) electrons. The fourth-order valence-corrected chi connectivity index (χ4v) is 3.00. The number of aliphatic hydroxyl groups excluding tert-OH is 1. The fourth-order valence-electron chi connectivity index (χ4n) is 2.66. The number of ketones is 1. The number of imidazole rings is 1. The van der Waals surface area contributed by atoms with Gasteiger partial charge in [0, 0.05) is 6.92 Å². The maximum absolute atomic E-state index is 11.7. The summed E-state index contributed by atoms with van der Waals surface area (Å²) in [5.41, 5.74) is 6.13. The first kappa shape index (κ1) is 20.3. The lowest BCUT2D eigenvalue weighted by Crippen LogP contribution is -2.39. The molecule has 1 aliphatic rings. The van der Waals surface area contributed by atoms with Crippen LogP contribution in [0.1, 0.15) is 13.2 Å². The van der Waals surface area contributed by atoms with Crippen LogP contribution in [0.2, 0.25) is 0 Å². The van der Waals surface area contributed by atoms with Crippen molar-refractivity contribution in [1.29, 1.82) is 0 Å². The zero-order valence-electron chi connectivity index (χ0n) is 14.3. The molecule has 14 nitrogen and oxygen atoms in total. The smallest absolute Gasteiger partial charge is 0.451 e. The van der Waals surface area contributed by atoms with Crippen molar-refractivity contribution < 1.29 is 43.0 Å². The van der Waals surface area contributed by atoms with Crippen LogP contribution in [0.25, 0.3) is 11.2 Å². The van der Waals surface area contributed by atoms with Gasteiger partial charge in [0.15, 0.2) is 23.8 Å². The number of hydrogen-bond acceptors (Lipinski definition) is 11. The highest BCUT2D eigenvalue weighted by Crippen LogP contribution is 2.39. The Morgan fingerprint density at radius 1 is 1.36 bits per heavy atom. The van der Waals surface area contributed by atoms with E-state index < -0.39 is 50.7 Å². The van der Waals surface area contributed by atoms with Crippen molar-refractivity contribution in [2.75, 3.05) is 12.3 Å². The Kier molecular flexibility index (Phi) is 5.43. The number of anilines is 1. The average molecular weight is 417 g/mol. The molecule has 1 aliphatic heterocycles. The summed E-state index contributed by atoms with van der Waals surface area (Å²) < 4.78 is 27.2. The molecule has 28 heavy (non-hydrogen) atoms. The van der Waals surface area contributed by atoms with Gasteiger partial charge in [0.05, 0.1) is 12.9 Å². The van der Waals surface area contributed by atoms with E-state index >= 15 is 0 Å². The number of aliphatic hydroxyl groups is 1. The van der Waals surface area contributed by atoms with Gasteiger partial charge in [-0.15, -0.1) is 0 Å². The standard InChI is InChI=1S/C13H16N5O9P/c1-5(19)13(21)27-9-6(2-25-28(22,23)24)26-12(8(9)20)18-4-17-7-10(14)15-3-16-11(7)18/h3-4,6,8-9,12,20H,2H2,1H3,(H2,14,15,16)(H2,22,23,24)/t6-,8-,9-,12-/m1/s1. The summed E-state index contributed by atoms with van der Waals surface area (Å²) >= 11 is 0. The van der Waals surface area contributed by atoms with Gasteiger partial charge >= 0.3 is 13.8 Å². The Labute approximate surface area is 156 Å². The van der Waals surface area contributed by atoms with Crippen LogP contribution in [-0.4, -0.2) is 71.1 Å². The van der Waals surface area contributed by atoms with Crippen LogP contribution < -0.4 is 5.73 Å². The minimum atomic E-state index is -4.87. The fraction of sp³-hybridized carbons (Fsp3) is 0.462. The van der Waals surface area contributed by atoms with E-state index in [0.29, 0.717) is 0 Å². The van der Waals surface area contributed by atoms with Crippen LogP contribution in [-0.2, 0) is 28.2 Å². The number of Topliss-reactive ketones (excluding diaryl/α,β-unsaturated/α-hetero) is 1. The molecule has 2 aromatic rings. The molecule has 3 rings (SSSR count). The Balaban J connectivity index is 1.91. The number of nitrogens with two attached hydrogens (primary N) is 1. The predicted molar refractivity (Wildman–Crippen MR) is 88.2 cm³/mol. The first-order valence-electron chi connectivity index (χ1n) is 7.76. The monoisotopic (exact) mass is 417 g/mol. The van der Waals surface area contributed by atoms with Gasteiger partial charge in [-0.3, -0.25) is 13.9 Å². The van der Waals surface area contributed by atoms with E-state index in [0.717, 1.165) is 6.92 Å². The van der Waals surface area contributed by atoms with Gasteiger partial charge in [0.1, 0.15) is 24.1 Å². The Morgan fingerprint density at radius 3 is 2.71 bits per heavy atom. The SMILES string of the molecule is CC(=O)C(=O)O[C@H]1[C@@H](O)[C@H](n2cnc3c(N)ncnc32)O[C@@H]1COP(=O)(O)O. The molecule has 4 atom stereocenters.